The first kappa shape index (κ1) is 28.5. The lowest BCUT2D eigenvalue weighted by Crippen LogP contribution is -2.49. The predicted octanol–water partition coefficient (Wildman–Crippen LogP) is 6.05. The minimum atomic E-state index is -1.35. The van der Waals surface area contributed by atoms with Crippen LogP contribution < -0.4 is 5.32 Å². The molecule has 0 atom stereocenters. The summed E-state index contributed by atoms with van der Waals surface area (Å²) in [5, 5.41) is 22.8. The van der Waals surface area contributed by atoms with Crippen molar-refractivity contribution < 1.29 is 19.8 Å². The van der Waals surface area contributed by atoms with Gasteiger partial charge in [-0.2, -0.15) is 0 Å². The van der Waals surface area contributed by atoms with Gasteiger partial charge in [0.05, 0.1) is 0 Å². The van der Waals surface area contributed by atoms with Gasteiger partial charge in [-0.3, -0.25) is 4.79 Å². The number of benzene rings is 2. The molecule has 0 heterocycles. The topological polar surface area (TPSA) is 86.6 Å². The van der Waals surface area contributed by atoms with Crippen molar-refractivity contribution in [1.29, 1.82) is 0 Å². The number of hydrogen-bond acceptors (Lipinski definition) is 3. The second-order valence-electron chi connectivity index (χ2n) is 11.1. The number of aliphatic hydroxyl groups is 1. The summed E-state index contributed by atoms with van der Waals surface area (Å²) in [5.41, 5.74) is 3.16. The molecule has 1 amide bonds. The lowest BCUT2D eigenvalue weighted by molar-refractivity contribution is -0.143. The van der Waals surface area contributed by atoms with Gasteiger partial charge < -0.3 is 15.5 Å². The van der Waals surface area contributed by atoms with Crippen molar-refractivity contribution in [2.75, 3.05) is 0 Å². The van der Waals surface area contributed by atoms with Gasteiger partial charge >= 0.3 is 5.97 Å². The van der Waals surface area contributed by atoms with Gasteiger partial charge in [0.15, 0.2) is 0 Å². The van der Waals surface area contributed by atoms with Crippen molar-refractivity contribution in [1.82, 2.24) is 5.32 Å². The standard InChI is InChI=1S/C32H41NO4/c1-7-32(8-2,26-14-15-27(23(4)21-26)28(34)33-30(5,6)29(35)36)25-13-12-24(22(3)20-25)16-19-31(37)17-10-9-11-18-31/h12-15,20-21,37H,7-11,17-18H2,1-6H3,(H,33,34)(H,35,36). The van der Waals surface area contributed by atoms with Crippen LogP contribution in [0.4, 0.5) is 0 Å². The molecule has 0 unspecified atom stereocenters. The van der Waals surface area contributed by atoms with Crippen LogP contribution in [-0.4, -0.2) is 33.2 Å². The van der Waals surface area contributed by atoms with E-state index in [2.05, 4.69) is 62.2 Å². The molecule has 0 aromatic heterocycles. The number of carbonyl (C=O) groups excluding carboxylic acids is 1. The van der Waals surface area contributed by atoms with Crippen LogP contribution in [0.2, 0.25) is 0 Å². The van der Waals surface area contributed by atoms with E-state index in [-0.39, 0.29) is 5.41 Å². The van der Waals surface area contributed by atoms with Crippen LogP contribution in [-0.2, 0) is 10.2 Å². The van der Waals surface area contributed by atoms with Gasteiger partial charge in [0.2, 0.25) is 0 Å². The van der Waals surface area contributed by atoms with Crippen LogP contribution in [0.5, 0.6) is 0 Å². The summed E-state index contributed by atoms with van der Waals surface area (Å²) in [6, 6.07) is 12.2. The number of aliphatic carboxylic acids is 1. The Balaban J connectivity index is 1.94. The highest BCUT2D eigenvalue weighted by Crippen LogP contribution is 2.40. The summed E-state index contributed by atoms with van der Waals surface area (Å²) in [7, 11) is 0. The van der Waals surface area contributed by atoms with E-state index < -0.39 is 23.0 Å². The van der Waals surface area contributed by atoms with Crippen LogP contribution in [0.1, 0.15) is 111 Å². The Hall–Kier alpha value is -3.10. The smallest absolute Gasteiger partial charge is 0.328 e. The number of carbonyl (C=O) groups is 2. The Morgan fingerprint density at radius 3 is 2.03 bits per heavy atom. The van der Waals surface area contributed by atoms with Crippen molar-refractivity contribution in [3.63, 3.8) is 0 Å². The number of amides is 1. The first-order valence-corrected chi connectivity index (χ1v) is 13.4. The Labute approximate surface area is 221 Å². The van der Waals surface area contributed by atoms with E-state index in [1.165, 1.54) is 25.8 Å². The highest BCUT2D eigenvalue weighted by molar-refractivity contribution is 5.98. The molecule has 198 valence electrons. The van der Waals surface area contributed by atoms with Gasteiger partial charge in [-0.15, -0.1) is 0 Å². The fraction of sp³-hybridized carbons (Fsp3) is 0.500. The second kappa shape index (κ2) is 11.1. The molecule has 5 heteroatoms. The molecule has 1 fully saturated rings. The van der Waals surface area contributed by atoms with Crippen molar-refractivity contribution in [2.24, 2.45) is 0 Å². The minimum absolute atomic E-state index is 0.238. The Kier molecular flexibility index (Phi) is 8.55. The number of nitrogens with one attached hydrogen (secondary N) is 1. The second-order valence-corrected chi connectivity index (χ2v) is 11.1. The highest BCUT2D eigenvalue weighted by atomic mass is 16.4. The number of carboxylic acid groups (broad SMARTS) is 1. The zero-order valence-electron chi connectivity index (χ0n) is 23.1. The molecule has 1 aliphatic carbocycles. The maximum absolute atomic E-state index is 12.8. The van der Waals surface area contributed by atoms with E-state index >= 15 is 0 Å². The van der Waals surface area contributed by atoms with E-state index in [0.717, 1.165) is 60.8 Å². The Morgan fingerprint density at radius 1 is 0.946 bits per heavy atom. The van der Waals surface area contributed by atoms with Crippen molar-refractivity contribution in [3.8, 4) is 11.8 Å². The highest BCUT2D eigenvalue weighted by Gasteiger charge is 2.33. The average Bonchev–Trinajstić information content (AvgIpc) is 2.84. The summed E-state index contributed by atoms with van der Waals surface area (Å²) < 4.78 is 0. The Bertz CT molecular complexity index is 1220. The van der Waals surface area contributed by atoms with Gasteiger partial charge in [-0.1, -0.05) is 56.4 Å². The predicted molar refractivity (Wildman–Crippen MR) is 148 cm³/mol. The van der Waals surface area contributed by atoms with Crippen LogP contribution in [0.25, 0.3) is 0 Å². The first-order valence-electron chi connectivity index (χ1n) is 13.4. The summed E-state index contributed by atoms with van der Waals surface area (Å²) in [6.45, 7) is 11.3. The molecule has 0 aliphatic heterocycles. The lowest BCUT2D eigenvalue weighted by Gasteiger charge is -2.34. The van der Waals surface area contributed by atoms with Crippen molar-refractivity contribution >= 4 is 11.9 Å². The fourth-order valence-electron chi connectivity index (χ4n) is 5.40. The van der Waals surface area contributed by atoms with Crippen LogP contribution in [0.3, 0.4) is 0 Å². The van der Waals surface area contributed by atoms with Gasteiger partial charge in [-0.25, -0.2) is 4.79 Å². The number of hydrogen-bond donors (Lipinski definition) is 3. The average molecular weight is 504 g/mol. The number of rotatable bonds is 7. The lowest BCUT2D eigenvalue weighted by atomic mass is 9.69. The molecule has 2 aromatic carbocycles. The molecule has 2 aromatic rings. The molecule has 0 bridgehead atoms. The molecule has 37 heavy (non-hydrogen) atoms. The zero-order valence-corrected chi connectivity index (χ0v) is 23.1. The zero-order chi connectivity index (χ0) is 27.4. The van der Waals surface area contributed by atoms with Gasteiger partial charge in [0.1, 0.15) is 11.1 Å². The molecule has 0 spiro atoms. The summed E-state index contributed by atoms with van der Waals surface area (Å²) in [6.07, 6.45) is 6.46. The summed E-state index contributed by atoms with van der Waals surface area (Å²) in [5.74, 6) is 4.92. The van der Waals surface area contributed by atoms with Gasteiger partial charge in [0.25, 0.3) is 5.91 Å². The largest absolute Gasteiger partial charge is 0.480 e. The monoisotopic (exact) mass is 503 g/mol. The summed E-state index contributed by atoms with van der Waals surface area (Å²) in [4.78, 5) is 24.3. The van der Waals surface area contributed by atoms with E-state index in [9.17, 15) is 19.8 Å². The van der Waals surface area contributed by atoms with Crippen LogP contribution in [0, 0.1) is 25.7 Å². The maximum atomic E-state index is 12.8. The molecule has 1 saturated carbocycles. The normalized spacial score (nSPS) is 15.4. The molecule has 1 aliphatic rings. The number of aryl methyl sites for hydroxylation is 2. The maximum Gasteiger partial charge on any atom is 0.328 e. The van der Waals surface area contributed by atoms with E-state index in [4.69, 9.17) is 0 Å². The van der Waals surface area contributed by atoms with Gasteiger partial charge in [0, 0.05) is 16.5 Å². The molecule has 3 N–H and O–H groups in total. The first-order chi connectivity index (χ1) is 17.4. The van der Waals surface area contributed by atoms with E-state index in [1.807, 2.05) is 13.0 Å². The molecule has 3 rings (SSSR count). The third kappa shape index (κ3) is 6.08. The molecule has 0 radical (unpaired) electrons. The van der Waals surface area contributed by atoms with Gasteiger partial charge in [-0.05, 0) is 101 Å². The van der Waals surface area contributed by atoms with E-state index in [0.29, 0.717) is 5.56 Å². The fourth-order valence-corrected chi connectivity index (χ4v) is 5.40. The third-order valence-electron chi connectivity index (χ3n) is 8.08. The minimum Gasteiger partial charge on any atom is -0.480 e. The third-order valence-corrected chi connectivity index (χ3v) is 8.08. The SMILES string of the molecule is CCC(CC)(c1ccc(C#CC2(O)CCCCC2)c(C)c1)c1ccc(C(=O)NC(C)(C)C(=O)O)c(C)c1. The van der Waals surface area contributed by atoms with Crippen LogP contribution in [0.15, 0.2) is 36.4 Å². The molecular weight excluding hydrogens is 462 g/mol. The molecular formula is C32H41NO4. The van der Waals surface area contributed by atoms with Crippen LogP contribution >= 0.6 is 0 Å². The van der Waals surface area contributed by atoms with E-state index in [1.54, 1.807) is 6.07 Å². The summed E-state index contributed by atoms with van der Waals surface area (Å²) >= 11 is 0. The van der Waals surface area contributed by atoms with Crippen molar-refractivity contribution in [3.05, 3.63) is 69.8 Å². The number of carboxylic acids is 1. The molecule has 5 nitrogen and oxygen atoms in total. The molecule has 0 saturated heterocycles. The Morgan fingerprint density at radius 2 is 1.51 bits per heavy atom. The van der Waals surface area contributed by atoms with Crippen molar-refractivity contribution in [2.45, 2.75) is 103 Å². The quantitative estimate of drug-likeness (QED) is 0.402.